The lowest BCUT2D eigenvalue weighted by Gasteiger charge is -2.31. The topological polar surface area (TPSA) is 88.6 Å². The zero-order valence-electron chi connectivity index (χ0n) is 12.4. The second kappa shape index (κ2) is 6.54. The zero-order valence-corrected chi connectivity index (χ0v) is 12.4. The number of nitrogens with one attached hydrogen (secondary N) is 1. The fourth-order valence-corrected chi connectivity index (χ4v) is 2.72. The molecule has 0 saturated carbocycles. The van der Waals surface area contributed by atoms with E-state index in [0.29, 0.717) is 17.4 Å². The molecule has 7 nitrogen and oxygen atoms in total. The van der Waals surface area contributed by atoms with Crippen LogP contribution in [-0.2, 0) is 11.8 Å². The molecule has 0 spiro atoms. The number of rotatable bonds is 4. The Bertz CT molecular complexity index is 659. The maximum Gasteiger partial charge on any atom is 0.158 e. The molecule has 0 bridgehead atoms. The molecule has 3 rings (SSSR count). The van der Waals surface area contributed by atoms with Crippen molar-refractivity contribution in [2.75, 3.05) is 18.5 Å². The van der Waals surface area contributed by atoms with Crippen LogP contribution >= 0.6 is 0 Å². The predicted molar refractivity (Wildman–Crippen MR) is 79.9 cm³/mol. The molecule has 1 N–H and O–H groups in total. The zero-order chi connectivity index (χ0) is 15.4. The van der Waals surface area contributed by atoms with Gasteiger partial charge in [-0.3, -0.25) is 4.68 Å². The number of aromatic nitrogens is 4. The summed E-state index contributed by atoms with van der Waals surface area (Å²) in [4.78, 5) is 8.19. The van der Waals surface area contributed by atoms with Gasteiger partial charge in [0, 0.05) is 37.9 Å². The Labute approximate surface area is 129 Å². The van der Waals surface area contributed by atoms with Gasteiger partial charge in [0.1, 0.15) is 11.9 Å². The molecule has 0 amide bonds. The highest BCUT2D eigenvalue weighted by Gasteiger charge is 2.28. The molecule has 0 aromatic carbocycles. The minimum absolute atomic E-state index is 0.0568. The van der Waals surface area contributed by atoms with Crippen LogP contribution in [0.5, 0.6) is 0 Å². The van der Waals surface area contributed by atoms with Crippen LogP contribution < -0.4 is 5.32 Å². The molecule has 0 unspecified atom stereocenters. The predicted octanol–water partition coefficient (Wildman–Crippen LogP) is 1.66. The first-order valence-corrected chi connectivity index (χ1v) is 7.32. The summed E-state index contributed by atoms with van der Waals surface area (Å²) in [5, 5.41) is 16.2. The summed E-state index contributed by atoms with van der Waals surface area (Å²) in [7, 11) is 1.91. The van der Waals surface area contributed by atoms with Crippen LogP contribution in [-0.4, -0.2) is 32.9 Å². The van der Waals surface area contributed by atoms with E-state index in [-0.39, 0.29) is 6.10 Å². The van der Waals surface area contributed by atoms with Crippen LogP contribution in [0.2, 0.25) is 0 Å². The first kappa shape index (κ1) is 14.5. The number of hydrogen-bond donors (Lipinski definition) is 1. The van der Waals surface area contributed by atoms with Gasteiger partial charge in [0.2, 0.25) is 0 Å². The first-order chi connectivity index (χ1) is 10.8. The fraction of sp³-hybridized carbons (Fsp3) is 0.467. The molecule has 3 heterocycles. The summed E-state index contributed by atoms with van der Waals surface area (Å²) < 4.78 is 7.74. The Morgan fingerprint density at radius 3 is 3.00 bits per heavy atom. The van der Waals surface area contributed by atoms with Gasteiger partial charge in [-0.2, -0.15) is 10.4 Å². The van der Waals surface area contributed by atoms with Crippen LogP contribution in [0.4, 0.5) is 5.82 Å². The second-order valence-electron chi connectivity index (χ2n) is 5.42. The van der Waals surface area contributed by atoms with Gasteiger partial charge in [-0.1, -0.05) is 0 Å². The van der Waals surface area contributed by atoms with Crippen molar-refractivity contribution in [2.24, 2.45) is 13.0 Å². The molecule has 0 aliphatic carbocycles. The van der Waals surface area contributed by atoms with Crippen molar-refractivity contribution < 1.29 is 4.74 Å². The summed E-state index contributed by atoms with van der Waals surface area (Å²) in [6.07, 6.45) is 9.13. The van der Waals surface area contributed by atoms with Crippen molar-refractivity contribution in [1.29, 1.82) is 5.26 Å². The molecule has 2 aromatic rings. The number of hydrogen-bond acceptors (Lipinski definition) is 6. The summed E-state index contributed by atoms with van der Waals surface area (Å²) in [5.74, 6) is 1.03. The van der Waals surface area contributed by atoms with Crippen molar-refractivity contribution in [3.05, 3.63) is 36.0 Å². The van der Waals surface area contributed by atoms with Gasteiger partial charge in [-0.05, 0) is 12.8 Å². The number of anilines is 1. The van der Waals surface area contributed by atoms with Crippen LogP contribution in [0.1, 0.15) is 30.2 Å². The third-order valence-electron chi connectivity index (χ3n) is 3.81. The van der Waals surface area contributed by atoms with Crippen LogP contribution in [0.15, 0.2) is 24.8 Å². The molecule has 22 heavy (non-hydrogen) atoms. The normalized spacial score (nSPS) is 21.3. The summed E-state index contributed by atoms with van der Waals surface area (Å²) in [5.41, 5.74) is 1.43. The quantitative estimate of drug-likeness (QED) is 0.923. The van der Waals surface area contributed by atoms with E-state index in [1.807, 2.05) is 25.5 Å². The lowest BCUT2D eigenvalue weighted by molar-refractivity contribution is -0.0239. The van der Waals surface area contributed by atoms with Gasteiger partial charge in [0.15, 0.2) is 5.69 Å². The molecule has 1 aliphatic heterocycles. The molecule has 2 aromatic heterocycles. The van der Waals surface area contributed by atoms with Crippen LogP contribution in [0.25, 0.3) is 0 Å². The molecule has 1 saturated heterocycles. The third kappa shape index (κ3) is 3.23. The smallest absolute Gasteiger partial charge is 0.158 e. The molecule has 7 heteroatoms. The number of nitriles is 1. The fourth-order valence-electron chi connectivity index (χ4n) is 2.72. The highest BCUT2D eigenvalue weighted by Crippen LogP contribution is 2.33. The minimum atomic E-state index is 0.0568. The van der Waals surface area contributed by atoms with Crippen molar-refractivity contribution in [1.82, 2.24) is 19.7 Å². The van der Waals surface area contributed by atoms with Crippen LogP contribution in [0.3, 0.4) is 0 Å². The number of ether oxygens (including phenoxy) is 1. The van der Waals surface area contributed by atoms with Gasteiger partial charge in [0.05, 0.1) is 24.7 Å². The molecular weight excluding hydrogens is 280 g/mol. The summed E-state index contributed by atoms with van der Waals surface area (Å²) >= 11 is 0. The molecule has 1 aliphatic rings. The Morgan fingerprint density at radius 1 is 1.41 bits per heavy atom. The first-order valence-electron chi connectivity index (χ1n) is 7.32. The Hall–Kier alpha value is -2.46. The lowest BCUT2D eigenvalue weighted by atomic mass is 9.91. The maximum absolute atomic E-state index is 8.73. The summed E-state index contributed by atoms with van der Waals surface area (Å²) in [6, 6.07) is 1.96. The van der Waals surface area contributed by atoms with Gasteiger partial charge >= 0.3 is 0 Å². The molecule has 0 radical (unpaired) electrons. The maximum atomic E-state index is 8.73. The molecule has 114 valence electrons. The van der Waals surface area contributed by atoms with E-state index in [2.05, 4.69) is 20.4 Å². The number of aryl methyl sites for hydroxylation is 1. The van der Waals surface area contributed by atoms with E-state index in [9.17, 15) is 0 Å². The Morgan fingerprint density at radius 2 is 2.32 bits per heavy atom. The lowest BCUT2D eigenvalue weighted by Crippen LogP contribution is -2.28. The van der Waals surface area contributed by atoms with Crippen molar-refractivity contribution >= 4 is 5.82 Å². The standard InChI is InChI=1S/C15H18N6O/c1-21-10-12(7-20-21)15-11(3-2-4-22-15)6-18-14-9-17-13(5-16)8-19-14/h7-11,15H,2-4,6H2,1H3,(H,18,19)/t11-,15+/m0/s1. The van der Waals surface area contributed by atoms with E-state index in [4.69, 9.17) is 10.00 Å². The molecular formula is C15H18N6O. The van der Waals surface area contributed by atoms with E-state index >= 15 is 0 Å². The van der Waals surface area contributed by atoms with E-state index in [0.717, 1.165) is 31.6 Å². The van der Waals surface area contributed by atoms with E-state index in [1.165, 1.54) is 6.20 Å². The van der Waals surface area contributed by atoms with Gasteiger partial charge in [-0.15, -0.1) is 0 Å². The average molecular weight is 298 g/mol. The monoisotopic (exact) mass is 298 g/mol. The second-order valence-corrected chi connectivity index (χ2v) is 5.42. The SMILES string of the molecule is Cn1cc([C@@H]2OCCC[C@H]2CNc2cnc(C#N)cn2)cn1. The molecule has 2 atom stereocenters. The number of nitrogens with zero attached hydrogens (tertiary/aromatic N) is 5. The molecule has 1 fully saturated rings. The Kier molecular flexibility index (Phi) is 4.30. The third-order valence-corrected chi connectivity index (χ3v) is 3.81. The average Bonchev–Trinajstić information content (AvgIpc) is 3.00. The summed E-state index contributed by atoms with van der Waals surface area (Å²) in [6.45, 7) is 1.53. The highest BCUT2D eigenvalue weighted by atomic mass is 16.5. The highest BCUT2D eigenvalue weighted by molar-refractivity contribution is 5.33. The largest absolute Gasteiger partial charge is 0.373 e. The van der Waals surface area contributed by atoms with Crippen molar-refractivity contribution in [2.45, 2.75) is 18.9 Å². The Balaban J connectivity index is 1.65. The minimum Gasteiger partial charge on any atom is -0.373 e. The van der Waals surface area contributed by atoms with Gasteiger partial charge < -0.3 is 10.1 Å². The van der Waals surface area contributed by atoms with Crippen molar-refractivity contribution in [3.63, 3.8) is 0 Å². The van der Waals surface area contributed by atoms with Gasteiger partial charge in [-0.25, -0.2) is 9.97 Å². The van der Waals surface area contributed by atoms with E-state index in [1.54, 1.807) is 10.9 Å². The van der Waals surface area contributed by atoms with Gasteiger partial charge in [0.25, 0.3) is 0 Å². The van der Waals surface area contributed by atoms with Crippen molar-refractivity contribution in [3.8, 4) is 6.07 Å². The van der Waals surface area contributed by atoms with E-state index < -0.39 is 0 Å². The van der Waals surface area contributed by atoms with Crippen LogP contribution in [0, 0.1) is 17.2 Å².